The molecule has 114 valence electrons. The number of hydrogen-bond donors (Lipinski definition) is 3. The van der Waals surface area contributed by atoms with E-state index < -0.39 is 36.4 Å². The molecule has 0 aliphatic carbocycles. The molecule has 10 heteroatoms. The van der Waals surface area contributed by atoms with Gasteiger partial charge in [0.1, 0.15) is 6.04 Å². The van der Waals surface area contributed by atoms with Crippen molar-refractivity contribution in [1.82, 2.24) is 15.3 Å². The minimum absolute atomic E-state index is 0.187. The number of carbonyl (C=O) groups excluding carboxylic acids is 1. The summed E-state index contributed by atoms with van der Waals surface area (Å²) in [5.41, 5.74) is 0.329. The van der Waals surface area contributed by atoms with Crippen LogP contribution in [0.3, 0.4) is 0 Å². The van der Waals surface area contributed by atoms with Crippen molar-refractivity contribution in [2.24, 2.45) is 5.92 Å². The molecule has 1 heterocycles. The zero-order valence-electron chi connectivity index (χ0n) is 10.5. The summed E-state index contributed by atoms with van der Waals surface area (Å²) in [4.78, 5) is 28.8. The number of alkyl halides is 3. The quantitative estimate of drug-likeness (QED) is 0.711. The number of aromatic amines is 1. The van der Waals surface area contributed by atoms with E-state index in [0.29, 0.717) is 5.69 Å². The molecule has 0 aliphatic rings. The number of nitrogens with one attached hydrogen (secondary N) is 2. The fraction of sp³-hybridized carbons (Fsp3) is 0.455. The van der Waals surface area contributed by atoms with E-state index in [4.69, 9.17) is 10.4 Å². The van der Waals surface area contributed by atoms with Crippen molar-refractivity contribution >= 4 is 11.9 Å². The van der Waals surface area contributed by atoms with Crippen LogP contribution in [-0.2, 0) is 16.0 Å². The maximum Gasteiger partial charge on any atom is 0.404 e. The molecule has 2 atom stereocenters. The number of carboxylic acids is 1. The van der Waals surface area contributed by atoms with Crippen LogP contribution in [0.2, 0.25) is 0 Å². The third-order valence-electron chi connectivity index (χ3n) is 2.54. The molecule has 0 saturated carbocycles. The molecular weight excluding hydrogens is 293 g/mol. The summed E-state index contributed by atoms with van der Waals surface area (Å²) in [6.45, 7) is 0. The van der Waals surface area contributed by atoms with Crippen LogP contribution in [0.25, 0.3) is 0 Å². The summed E-state index contributed by atoms with van der Waals surface area (Å²) in [5, 5.41) is 19.3. The summed E-state index contributed by atoms with van der Waals surface area (Å²) in [7, 11) is 0. The fourth-order valence-corrected chi connectivity index (χ4v) is 1.48. The molecule has 7 nitrogen and oxygen atoms in total. The Morgan fingerprint density at radius 1 is 1.52 bits per heavy atom. The fourth-order valence-electron chi connectivity index (χ4n) is 1.48. The van der Waals surface area contributed by atoms with Gasteiger partial charge in [0.2, 0.25) is 5.91 Å². The lowest BCUT2D eigenvalue weighted by molar-refractivity contribution is -0.165. The molecule has 1 aromatic rings. The highest BCUT2D eigenvalue weighted by molar-refractivity contribution is 5.84. The van der Waals surface area contributed by atoms with Gasteiger partial charge in [-0.15, -0.1) is 0 Å². The van der Waals surface area contributed by atoms with E-state index in [9.17, 15) is 22.8 Å². The third kappa shape index (κ3) is 5.13. The van der Waals surface area contributed by atoms with Gasteiger partial charge in [-0.2, -0.15) is 18.4 Å². The zero-order chi connectivity index (χ0) is 16.0. The molecule has 0 saturated heterocycles. The SMILES string of the molecule is N#CC(CC(=O)N[C@@H](Cc1c[nH]cn1)C(=O)O)C(F)(F)F. The number of H-pyrrole nitrogens is 1. The van der Waals surface area contributed by atoms with Gasteiger partial charge >= 0.3 is 12.1 Å². The van der Waals surface area contributed by atoms with Crippen LogP contribution < -0.4 is 5.32 Å². The molecule has 0 spiro atoms. The van der Waals surface area contributed by atoms with Crippen molar-refractivity contribution in [3.05, 3.63) is 18.2 Å². The van der Waals surface area contributed by atoms with Gasteiger partial charge in [0.05, 0.1) is 24.5 Å². The van der Waals surface area contributed by atoms with Crippen molar-refractivity contribution in [1.29, 1.82) is 5.26 Å². The minimum Gasteiger partial charge on any atom is -0.480 e. The number of halogens is 3. The Balaban J connectivity index is 2.65. The second kappa shape index (κ2) is 6.74. The second-order valence-electron chi connectivity index (χ2n) is 4.15. The summed E-state index contributed by atoms with van der Waals surface area (Å²) in [5.74, 6) is -5.05. The number of carboxylic acid groups (broad SMARTS) is 1. The van der Waals surface area contributed by atoms with Crippen molar-refractivity contribution in [3.8, 4) is 6.07 Å². The molecule has 0 radical (unpaired) electrons. The van der Waals surface area contributed by atoms with Crippen LogP contribution in [-0.4, -0.2) is 39.2 Å². The normalized spacial score (nSPS) is 14.0. The molecule has 0 fully saturated rings. The molecular formula is C11H11F3N4O3. The van der Waals surface area contributed by atoms with Crippen LogP contribution in [0.15, 0.2) is 12.5 Å². The van der Waals surface area contributed by atoms with E-state index in [1.165, 1.54) is 12.5 Å². The van der Waals surface area contributed by atoms with E-state index in [1.54, 1.807) is 0 Å². The van der Waals surface area contributed by atoms with Crippen LogP contribution in [0.1, 0.15) is 12.1 Å². The molecule has 0 aliphatic heterocycles. The molecule has 1 unspecified atom stereocenters. The lowest BCUT2D eigenvalue weighted by Crippen LogP contribution is -2.43. The lowest BCUT2D eigenvalue weighted by Gasteiger charge is -2.16. The zero-order valence-corrected chi connectivity index (χ0v) is 10.5. The van der Waals surface area contributed by atoms with Crippen LogP contribution in [0, 0.1) is 17.2 Å². The summed E-state index contributed by atoms with van der Waals surface area (Å²) >= 11 is 0. The van der Waals surface area contributed by atoms with Gasteiger partial charge in [-0.05, 0) is 0 Å². The molecule has 0 aromatic carbocycles. The first-order chi connectivity index (χ1) is 9.74. The monoisotopic (exact) mass is 304 g/mol. The highest BCUT2D eigenvalue weighted by Gasteiger charge is 2.41. The first-order valence-electron chi connectivity index (χ1n) is 5.70. The Hall–Kier alpha value is -2.57. The number of carbonyl (C=O) groups is 2. The van der Waals surface area contributed by atoms with Gasteiger partial charge in [-0.25, -0.2) is 9.78 Å². The standard InChI is InChI=1S/C11H11F3N4O3/c12-11(13,14)6(3-15)1-9(19)18-8(10(20)21)2-7-4-16-5-17-7/h4-6,8H,1-2H2,(H,16,17)(H,18,19)(H,20,21)/t6?,8-/m0/s1. The summed E-state index contributed by atoms with van der Waals surface area (Å²) in [6.07, 6.45) is -3.48. The number of rotatable bonds is 6. The average molecular weight is 304 g/mol. The van der Waals surface area contributed by atoms with Gasteiger partial charge in [-0.3, -0.25) is 4.79 Å². The Morgan fingerprint density at radius 2 is 2.19 bits per heavy atom. The highest BCUT2D eigenvalue weighted by Crippen LogP contribution is 2.28. The number of aliphatic carboxylic acids is 1. The number of imidazole rings is 1. The number of nitrogens with zero attached hydrogens (tertiary/aromatic N) is 2. The van der Waals surface area contributed by atoms with E-state index in [0.717, 1.165) is 6.07 Å². The number of nitriles is 1. The van der Waals surface area contributed by atoms with Gasteiger partial charge in [0, 0.05) is 12.6 Å². The maximum absolute atomic E-state index is 12.3. The largest absolute Gasteiger partial charge is 0.480 e. The number of amides is 1. The van der Waals surface area contributed by atoms with E-state index in [1.807, 2.05) is 5.32 Å². The van der Waals surface area contributed by atoms with Crippen molar-refractivity contribution in [2.75, 3.05) is 0 Å². The Labute approximate surface area is 116 Å². The topological polar surface area (TPSA) is 119 Å². The van der Waals surface area contributed by atoms with E-state index in [-0.39, 0.29) is 6.42 Å². The smallest absolute Gasteiger partial charge is 0.404 e. The second-order valence-corrected chi connectivity index (χ2v) is 4.15. The number of hydrogen-bond acceptors (Lipinski definition) is 4. The first kappa shape index (κ1) is 16.5. The van der Waals surface area contributed by atoms with Crippen LogP contribution in [0.4, 0.5) is 13.2 Å². The van der Waals surface area contributed by atoms with Gasteiger partial charge in [0.25, 0.3) is 0 Å². The highest BCUT2D eigenvalue weighted by atomic mass is 19.4. The van der Waals surface area contributed by atoms with Crippen molar-refractivity contribution < 1.29 is 27.9 Å². The predicted octanol–water partition coefficient (Wildman–Crippen LogP) is 0.614. The Kier molecular flexibility index (Phi) is 5.29. The molecule has 1 amide bonds. The third-order valence-corrected chi connectivity index (χ3v) is 2.54. The first-order valence-corrected chi connectivity index (χ1v) is 5.70. The lowest BCUT2D eigenvalue weighted by atomic mass is 10.1. The summed E-state index contributed by atoms with van der Waals surface area (Å²) < 4.78 is 37.0. The maximum atomic E-state index is 12.3. The summed E-state index contributed by atoms with van der Waals surface area (Å²) in [6, 6.07) is -0.452. The van der Waals surface area contributed by atoms with Crippen LogP contribution >= 0.6 is 0 Å². The molecule has 1 rings (SSSR count). The van der Waals surface area contributed by atoms with Crippen molar-refractivity contribution in [3.63, 3.8) is 0 Å². The Morgan fingerprint density at radius 3 is 2.62 bits per heavy atom. The predicted molar refractivity (Wildman–Crippen MR) is 61.6 cm³/mol. The van der Waals surface area contributed by atoms with Crippen molar-refractivity contribution in [2.45, 2.75) is 25.1 Å². The van der Waals surface area contributed by atoms with Gasteiger partial charge in [0.15, 0.2) is 5.92 Å². The Bertz CT molecular complexity index is 536. The van der Waals surface area contributed by atoms with Crippen LogP contribution in [0.5, 0.6) is 0 Å². The molecule has 21 heavy (non-hydrogen) atoms. The van der Waals surface area contributed by atoms with E-state index in [2.05, 4.69) is 9.97 Å². The minimum atomic E-state index is -4.84. The molecule has 0 bridgehead atoms. The van der Waals surface area contributed by atoms with Gasteiger partial charge < -0.3 is 15.4 Å². The average Bonchev–Trinajstić information content (AvgIpc) is 2.86. The molecule has 1 aromatic heterocycles. The van der Waals surface area contributed by atoms with E-state index >= 15 is 0 Å². The van der Waals surface area contributed by atoms with Gasteiger partial charge in [-0.1, -0.05) is 0 Å². The molecule has 3 N–H and O–H groups in total. The number of aromatic nitrogens is 2.